The number of ether oxygens (including phenoxy) is 1. The van der Waals surface area contributed by atoms with Gasteiger partial charge in [0, 0.05) is 18.7 Å². The van der Waals surface area contributed by atoms with E-state index in [-0.39, 0.29) is 4.90 Å². The van der Waals surface area contributed by atoms with Crippen LogP contribution in [0.5, 0.6) is 5.75 Å². The van der Waals surface area contributed by atoms with Crippen molar-refractivity contribution in [2.75, 3.05) is 26.2 Å². The number of aryl methyl sites for hydroxylation is 2. The van der Waals surface area contributed by atoms with Crippen molar-refractivity contribution in [2.45, 2.75) is 45.1 Å². The summed E-state index contributed by atoms with van der Waals surface area (Å²) in [5.74, 6) is 2.68. The van der Waals surface area contributed by atoms with Gasteiger partial charge in [-0.15, -0.1) is 0 Å². The average molecular weight is 407 g/mol. The minimum atomic E-state index is -3.58. The molecule has 0 unspecified atom stereocenters. The monoisotopic (exact) mass is 406 g/mol. The van der Waals surface area contributed by atoms with Gasteiger partial charge in [-0.05, 0) is 70.8 Å². The summed E-state index contributed by atoms with van der Waals surface area (Å²) in [5, 5.41) is 0. The molecule has 1 fully saturated rings. The fraction of sp³-hybridized carbons (Fsp3) is 0.524. The first-order valence-electron chi connectivity index (χ1n) is 9.88. The molecule has 0 bridgehead atoms. The van der Waals surface area contributed by atoms with E-state index in [2.05, 4.69) is 15.7 Å². The van der Waals surface area contributed by atoms with Crippen molar-refractivity contribution in [1.29, 1.82) is 0 Å². The van der Waals surface area contributed by atoms with Crippen LogP contribution in [0.1, 0.15) is 36.8 Å². The Kier molecular flexibility index (Phi) is 6.80. The van der Waals surface area contributed by atoms with Crippen LogP contribution in [-0.4, -0.2) is 39.6 Å². The van der Waals surface area contributed by atoms with Crippen molar-refractivity contribution in [3.05, 3.63) is 47.4 Å². The highest BCUT2D eigenvalue weighted by Gasteiger charge is 2.24. The van der Waals surface area contributed by atoms with Crippen LogP contribution in [0.15, 0.2) is 39.6 Å². The summed E-state index contributed by atoms with van der Waals surface area (Å²) in [6, 6.07) is 8.88. The molecule has 1 aliphatic heterocycles. The highest BCUT2D eigenvalue weighted by atomic mass is 32.2. The first kappa shape index (κ1) is 20.9. The van der Waals surface area contributed by atoms with Crippen molar-refractivity contribution < 1.29 is 17.6 Å². The van der Waals surface area contributed by atoms with Gasteiger partial charge in [0.25, 0.3) is 0 Å². The number of nitrogens with one attached hydrogen (secondary N) is 1. The van der Waals surface area contributed by atoms with Gasteiger partial charge in [0.05, 0.1) is 6.61 Å². The topological polar surface area (TPSA) is 71.8 Å². The molecule has 0 amide bonds. The van der Waals surface area contributed by atoms with Crippen LogP contribution in [0.3, 0.4) is 0 Å². The van der Waals surface area contributed by atoms with Gasteiger partial charge in [-0.2, -0.15) is 0 Å². The second kappa shape index (κ2) is 9.11. The fourth-order valence-electron chi connectivity index (χ4n) is 3.68. The van der Waals surface area contributed by atoms with Gasteiger partial charge in [0.1, 0.15) is 22.2 Å². The highest BCUT2D eigenvalue weighted by Crippen LogP contribution is 2.25. The number of nitrogens with zero attached hydrogens (tertiary/aromatic N) is 1. The molecule has 1 aliphatic rings. The lowest BCUT2D eigenvalue weighted by molar-refractivity contribution is 0.178. The van der Waals surface area contributed by atoms with E-state index in [1.165, 1.54) is 5.56 Å². The van der Waals surface area contributed by atoms with Crippen LogP contribution >= 0.6 is 0 Å². The minimum Gasteiger partial charge on any atom is -0.492 e. The van der Waals surface area contributed by atoms with Gasteiger partial charge in [-0.3, -0.25) is 4.90 Å². The second-order valence-corrected chi connectivity index (χ2v) is 9.13. The van der Waals surface area contributed by atoms with Crippen LogP contribution in [0, 0.1) is 19.8 Å². The molecule has 154 valence electrons. The third kappa shape index (κ3) is 5.16. The Balaban J connectivity index is 1.52. The molecule has 2 heterocycles. The van der Waals surface area contributed by atoms with Crippen molar-refractivity contribution in [3.8, 4) is 5.75 Å². The quantitative estimate of drug-likeness (QED) is 0.727. The lowest BCUT2D eigenvalue weighted by Gasteiger charge is -2.31. The van der Waals surface area contributed by atoms with Gasteiger partial charge < -0.3 is 9.15 Å². The van der Waals surface area contributed by atoms with E-state index in [0.717, 1.165) is 44.0 Å². The number of para-hydroxylation sites is 1. The molecule has 1 saturated heterocycles. The molecule has 0 spiro atoms. The third-order valence-electron chi connectivity index (χ3n) is 5.25. The molecule has 7 heteroatoms. The molecule has 6 nitrogen and oxygen atoms in total. The number of furan rings is 1. The van der Waals surface area contributed by atoms with E-state index < -0.39 is 10.0 Å². The van der Waals surface area contributed by atoms with E-state index in [9.17, 15) is 8.42 Å². The van der Waals surface area contributed by atoms with E-state index in [1.807, 2.05) is 20.8 Å². The molecule has 1 N–H and O–H groups in total. The van der Waals surface area contributed by atoms with Gasteiger partial charge in [-0.1, -0.05) is 12.1 Å². The number of piperidine rings is 1. The highest BCUT2D eigenvalue weighted by molar-refractivity contribution is 7.89. The molecule has 0 radical (unpaired) electrons. The maximum absolute atomic E-state index is 12.7. The maximum Gasteiger partial charge on any atom is 0.244 e. The number of benzene rings is 1. The zero-order chi connectivity index (χ0) is 20.1. The summed E-state index contributed by atoms with van der Waals surface area (Å²) in [7, 11) is -3.58. The fourth-order valence-corrected chi connectivity index (χ4v) is 4.94. The summed E-state index contributed by atoms with van der Waals surface area (Å²) in [4.78, 5) is 2.62. The SMILES string of the molecule is CCOc1ccccc1S(=O)(=O)NCC1CCN(Cc2cc(C)oc2C)CC1. The molecule has 0 atom stereocenters. The Morgan fingerprint density at radius 1 is 1.21 bits per heavy atom. The Morgan fingerprint density at radius 3 is 2.57 bits per heavy atom. The zero-order valence-corrected chi connectivity index (χ0v) is 17.7. The molecule has 1 aromatic heterocycles. The molecular weight excluding hydrogens is 376 g/mol. The Hall–Kier alpha value is -1.83. The summed E-state index contributed by atoms with van der Waals surface area (Å²) < 4.78 is 39.3. The Bertz CT molecular complexity index is 884. The van der Waals surface area contributed by atoms with Crippen LogP contribution in [0.25, 0.3) is 0 Å². The molecule has 1 aromatic carbocycles. The van der Waals surface area contributed by atoms with E-state index in [1.54, 1.807) is 24.3 Å². The molecular formula is C21H30N2O4S. The van der Waals surface area contributed by atoms with Gasteiger partial charge in [0.15, 0.2) is 0 Å². The van der Waals surface area contributed by atoms with Crippen LogP contribution in [-0.2, 0) is 16.6 Å². The predicted molar refractivity (Wildman–Crippen MR) is 109 cm³/mol. The van der Waals surface area contributed by atoms with E-state index >= 15 is 0 Å². The smallest absolute Gasteiger partial charge is 0.244 e. The Morgan fingerprint density at radius 2 is 1.93 bits per heavy atom. The van der Waals surface area contributed by atoms with Crippen LogP contribution in [0.4, 0.5) is 0 Å². The maximum atomic E-state index is 12.7. The van der Waals surface area contributed by atoms with Crippen molar-refractivity contribution in [3.63, 3.8) is 0 Å². The summed E-state index contributed by atoms with van der Waals surface area (Å²) >= 11 is 0. The van der Waals surface area contributed by atoms with Crippen LogP contribution < -0.4 is 9.46 Å². The summed E-state index contributed by atoms with van der Waals surface area (Å²) in [6.45, 7) is 9.53. The molecule has 0 saturated carbocycles. The first-order valence-corrected chi connectivity index (χ1v) is 11.4. The average Bonchev–Trinajstić information content (AvgIpc) is 2.99. The normalized spacial score (nSPS) is 16.4. The van der Waals surface area contributed by atoms with Gasteiger partial charge >= 0.3 is 0 Å². The summed E-state index contributed by atoms with van der Waals surface area (Å²) in [5.41, 5.74) is 1.24. The molecule has 3 rings (SSSR count). The third-order valence-corrected chi connectivity index (χ3v) is 6.71. The summed E-state index contributed by atoms with van der Waals surface area (Å²) in [6.07, 6.45) is 1.96. The lowest BCUT2D eigenvalue weighted by Crippen LogP contribution is -2.38. The molecule has 2 aromatic rings. The van der Waals surface area contributed by atoms with Crippen molar-refractivity contribution >= 4 is 10.0 Å². The van der Waals surface area contributed by atoms with Gasteiger partial charge in [0.2, 0.25) is 10.0 Å². The Labute approximate surface area is 167 Å². The molecule has 0 aliphatic carbocycles. The van der Waals surface area contributed by atoms with Gasteiger partial charge in [-0.25, -0.2) is 13.1 Å². The number of rotatable bonds is 8. The standard InChI is InChI=1S/C21H30N2O4S/c1-4-26-20-7-5-6-8-21(20)28(24,25)22-14-18-9-11-23(12-10-18)15-19-13-16(2)27-17(19)3/h5-8,13,18,22H,4,9-12,14-15H2,1-3H3. The second-order valence-electron chi connectivity index (χ2n) is 7.39. The largest absolute Gasteiger partial charge is 0.492 e. The predicted octanol–water partition coefficient (Wildman–Crippen LogP) is 3.49. The van der Waals surface area contributed by atoms with E-state index in [0.29, 0.717) is 24.8 Å². The first-order chi connectivity index (χ1) is 13.4. The van der Waals surface area contributed by atoms with Crippen molar-refractivity contribution in [2.24, 2.45) is 5.92 Å². The number of likely N-dealkylation sites (tertiary alicyclic amines) is 1. The number of hydrogen-bond acceptors (Lipinski definition) is 5. The van der Waals surface area contributed by atoms with Crippen LogP contribution in [0.2, 0.25) is 0 Å². The number of sulfonamides is 1. The minimum absolute atomic E-state index is 0.208. The van der Waals surface area contributed by atoms with E-state index in [4.69, 9.17) is 9.15 Å². The lowest BCUT2D eigenvalue weighted by atomic mass is 9.97. The zero-order valence-electron chi connectivity index (χ0n) is 16.9. The number of hydrogen-bond donors (Lipinski definition) is 1. The van der Waals surface area contributed by atoms with Crippen molar-refractivity contribution in [1.82, 2.24) is 9.62 Å². The molecule has 28 heavy (non-hydrogen) atoms.